The van der Waals surface area contributed by atoms with Crippen molar-refractivity contribution < 1.29 is 4.42 Å². The van der Waals surface area contributed by atoms with Crippen molar-refractivity contribution in [3.05, 3.63) is 72.5 Å². The summed E-state index contributed by atoms with van der Waals surface area (Å²) in [6.07, 6.45) is 4.10. The Hall–Kier alpha value is -2.80. The van der Waals surface area contributed by atoms with Crippen molar-refractivity contribution in [3.8, 4) is 0 Å². The molecule has 0 atom stereocenters. The third-order valence-corrected chi connectivity index (χ3v) is 5.01. The molecule has 1 nitrogen and oxygen atoms in total. The van der Waals surface area contributed by atoms with Gasteiger partial charge in [0.05, 0.1) is 6.26 Å². The zero-order valence-corrected chi connectivity index (χ0v) is 13.7. The van der Waals surface area contributed by atoms with Gasteiger partial charge in [0.15, 0.2) is 0 Å². The third-order valence-electron chi connectivity index (χ3n) is 5.01. The summed E-state index contributed by atoms with van der Waals surface area (Å²) in [5, 5.41) is 8.99. The van der Waals surface area contributed by atoms with E-state index in [1.54, 1.807) is 6.26 Å². The molecule has 0 saturated carbocycles. The summed E-state index contributed by atoms with van der Waals surface area (Å²) in [6.45, 7) is 2.23. The predicted molar refractivity (Wildman–Crippen MR) is 103 cm³/mol. The molecular formula is C23H18O. The van der Waals surface area contributed by atoms with Gasteiger partial charge in [-0.15, -0.1) is 0 Å². The second kappa shape index (κ2) is 5.10. The summed E-state index contributed by atoms with van der Waals surface area (Å²) in [4.78, 5) is 0. The first kappa shape index (κ1) is 13.6. The van der Waals surface area contributed by atoms with Crippen LogP contribution in [0.3, 0.4) is 0 Å². The maximum absolute atomic E-state index is 5.54. The largest absolute Gasteiger partial charge is 0.464 e. The molecule has 0 spiro atoms. The van der Waals surface area contributed by atoms with Crippen molar-refractivity contribution in [3.63, 3.8) is 0 Å². The Balaban J connectivity index is 1.86. The van der Waals surface area contributed by atoms with E-state index < -0.39 is 0 Å². The first-order valence-corrected chi connectivity index (χ1v) is 8.59. The molecule has 24 heavy (non-hydrogen) atoms. The molecule has 0 saturated heterocycles. The van der Waals surface area contributed by atoms with Gasteiger partial charge in [0.1, 0.15) is 5.58 Å². The standard InChI is InChI=1S/C23H18O/c1-2-3-15-4-5-16-14-22-17(13-18(16)12-15)6-7-19-20(22)8-9-23-21(19)10-11-24-23/h4-14H,2-3H2,1H3. The molecule has 0 bridgehead atoms. The van der Waals surface area contributed by atoms with Crippen LogP contribution in [0, 0.1) is 0 Å². The average Bonchev–Trinajstić information content (AvgIpc) is 3.09. The van der Waals surface area contributed by atoms with E-state index in [4.69, 9.17) is 4.42 Å². The summed E-state index contributed by atoms with van der Waals surface area (Å²) in [5.41, 5.74) is 2.37. The molecule has 1 heteroatoms. The summed E-state index contributed by atoms with van der Waals surface area (Å²) in [6, 6.07) is 22.3. The Morgan fingerprint density at radius 1 is 0.667 bits per heavy atom. The molecule has 0 aliphatic rings. The van der Waals surface area contributed by atoms with Crippen molar-refractivity contribution in [2.75, 3.05) is 0 Å². The van der Waals surface area contributed by atoms with Crippen LogP contribution in [0.25, 0.3) is 43.3 Å². The zero-order chi connectivity index (χ0) is 16.1. The fourth-order valence-electron chi connectivity index (χ4n) is 3.83. The normalized spacial score (nSPS) is 11.9. The van der Waals surface area contributed by atoms with Crippen LogP contribution in [0.1, 0.15) is 18.9 Å². The predicted octanol–water partition coefficient (Wildman–Crippen LogP) is 6.84. The van der Waals surface area contributed by atoms with Gasteiger partial charge in [-0.3, -0.25) is 0 Å². The quantitative estimate of drug-likeness (QED) is 0.257. The number of hydrogen-bond donors (Lipinski definition) is 0. The van der Waals surface area contributed by atoms with Crippen molar-refractivity contribution in [1.29, 1.82) is 0 Å². The van der Waals surface area contributed by atoms with Crippen LogP contribution in [-0.4, -0.2) is 0 Å². The van der Waals surface area contributed by atoms with Gasteiger partial charge in [0.2, 0.25) is 0 Å². The van der Waals surface area contributed by atoms with Gasteiger partial charge in [0, 0.05) is 5.39 Å². The lowest BCUT2D eigenvalue weighted by molar-refractivity contribution is 0.616. The lowest BCUT2D eigenvalue weighted by Crippen LogP contribution is -1.85. The average molecular weight is 310 g/mol. The van der Waals surface area contributed by atoms with E-state index in [0.717, 1.165) is 12.0 Å². The van der Waals surface area contributed by atoms with Gasteiger partial charge in [-0.05, 0) is 68.6 Å². The van der Waals surface area contributed by atoms with E-state index in [2.05, 4.69) is 67.6 Å². The molecule has 1 aromatic heterocycles. The van der Waals surface area contributed by atoms with Gasteiger partial charge in [-0.2, -0.15) is 0 Å². The molecule has 0 aliphatic carbocycles. The minimum atomic E-state index is 0.951. The first-order chi connectivity index (χ1) is 11.8. The highest BCUT2D eigenvalue weighted by molar-refractivity contribution is 6.18. The minimum absolute atomic E-state index is 0.951. The Morgan fingerprint density at radius 2 is 1.50 bits per heavy atom. The smallest absolute Gasteiger partial charge is 0.134 e. The SMILES string of the molecule is CCCc1ccc2cc3c(ccc4c5ccoc5ccc34)cc2c1. The third kappa shape index (κ3) is 1.94. The molecule has 5 aromatic rings. The Bertz CT molecular complexity index is 1210. The molecule has 0 unspecified atom stereocenters. The number of aryl methyl sites for hydroxylation is 1. The van der Waals surface area contributed by atoms with Gasteiger partial charge in [0.25, 0.3) is 0 Å². The number of benzene rings is 4. The maximum atomic E-state index is 5.54. The summed E-state index contributed by atoms with van der Waals surface area (Å²) < 4.78 is 5.54. The molecule has 0 amide bonds. The molecule has 4 aromatic carbocycles. The fraction of sp³-hybridized carbons (Fsp3) is 0.130. The molecule has 0 aliphatic heterocycles. The van der Waals surface area contributed by atoms with Crippen molar-refractivity contribution >= 4 is 43.3 Å². The van der Waals surface area contributed by atoms with E-state index in [1.807, 2.05) is 0 Å². The fourth-order valence-corrected chi connectivity index (χ4v) is 3.83. The van der Waals surface area contributed by atoms with E-state index in [9.17, 15) is 0 Å². The molecular weight excluding hydrogens is 292 g/mol. The van der Waals surface area contributed by atoms with Crippen LogP contribution < -0.4 is 0 Å². The number of furan rings is 1. The summed E-state index contributed by atoms with van der Waals surface area (Å²) in [7, 11) is 0. The second-order valence-electron chi connectivity index (χ2n) is 6.56. The molecule has 0 N–H and O–H groups in total. The monoisotopic (exact) mass is 310 g/mol. The van der Waals surface area contributed by atoms with Gasteiger partial charge in [-0.25, -0.2) is 0 Å². The van der Waals surface area contributed by atoms with Crippen LogP contribution in [0.5, 0.6) is 0 Å². The summed E-state index contributed by atoms with van der Waals surface area (Å²) in [5.74, 6) is 0. The van der Waals surface area contributed by atoms with Gasteiger partial charge >= 0.3 is 0 Å². The Labute approximate surface area is 140 Å². The van der Waals surface area contributed by atoms with Crippen LogP contribution in [-0.2, 0) is 6.42 Å². The maximum Gasteiger partial charge on any atom is 0.134 e. The highest BCUT2D eigenvalue weighted by Gasteiger charge is 2.07. The Morgan fingerprint density at radius 3 is 2.42 bits per heavy atom. The van der Waals surface area contributed by atoms with Crippen LogP contribution in [0.2, 0.25) is 0 Å². The second-order valence-corrected chi connectivity index (χ2v) is 6.56. The first-order valence-electron chi connectivity index (χ1n) is 8.59. The number of fused-ring (bicyclic) bond motifs is 6. The summed E-state index contributed by atoms with van der Waals surface area (Å²) >= 11 is 0. The van der Waals surface area contributed by atoms with E-state index in [-0.39, 0.29) is 0 Å². The topological polar surface area (TPSA) is 13.1 Å². The van der Waals surface area contributed by atoms with E-state index in [1.165, 1.54) is 49.7 Å². The van der Waals surface area contributed by atoms with Crippen molar-refractivity contribution in [2.24, 2.45) is 0 Å². The highest BCUT2D eigenvalue weighted by Crippen LogP contribution is 2.34. The van der Waals surface area contributed by atoms with Crippen LogP contribution in [0.4, 0.5) is 0 Å². The molecule has 0 fully saturated rings. The van der Waals surface area contributed by atoms with E-state index >= 15 is 0 Å². The van der Waals surface area contributed by atoms with Crippen LogP contribution in [0.15, 0.2) is 71.3 Å². The molecule has 116 valence electrons. The number of hydrogen-bond acceptors (Lipinski definition) is 1. The number of rotatable bonds is 2. The van der Waals surface area contributed by atoms with E-state index in [0.29, 0.717) is 0 Å². The Kier molecular flexibility index (Phi) is 2.90. The van der Waals surface area contributed by atoms with Crippen LogP contribution >= 0.6 is 0 Å². The lowest BCUT2D eigenvalue weighted by atomic mass is 9.95. The van der Waals surface area contributed by atoms with Crippen molar-refractivity contribution in [2.45, 2.75) is 19.8 Å². The zero-order valence-electron chi connectivity index (χ0n) is 13.7. The molecule has 0 radical (unpaired) electrons. The highest BCUT2D eigenvalue weighted by atomic mass is 16.3. The van der Waals surface area contributed by atoms with Gasteiger partial charge in [-0.1, -0.05) is 49.7 Å². The lowest BCUT2D eigenvalue weighted by Gasteiger charge is -2.08. The van der Waals surface area contributed by atoms with Gasteiger partial charge < -0.3 is 4.42 Å². The molecule has 5 rings (SSSR count). The minimum Gasteiger partial charge on any atom is -0.464 e. The van der Waals surface area contributed by atoms with Crippen molar-refractivity contribution in [1.82, 2.24) is 0 Å². The molecule has 1 heterocycles.